The lowest BCUT2D eigenvalue weighted by atomic mass is 11.3. The summed E-state index contributed by atoms with van der Waals surface area (Å²) >= 11 is -4.24. The van der Waals surface area contributed by atoms with Gasteiger partial charge in [0.05, 0.1) is 0 Å². The van der Waals surface area contributed by atoms with Crippen molar-refractivity contribution in [3.63, 3.8) is 0 Å². The van der Waals surface area contributed by atoms with E-state index in [4.69, 9.17) is 9.11 Å². The van der Waals surface area contributed by atoms with E-state index in [1.165, 1.54) is 0 Å². The Morgan fingerprint density at radius 2 is 1.25 bits per heavy atom. The van der Waals surface area contributed by atoms with Gasteiger partial charge < -0.3 is 9.11 Å². The lowest BCUT2D eigenvalue weighted by molar-refractivity contribution is 0.569. The molecule has 0 amide bonds. The molecule has 0 radical (unpaired) electrons. The molecule has 0 aliphatic heterocycles. The second kappa shape index (κ2) is 3.90. The van der Waals surface area contributed by atoms with Crippen LogP contribution in [0.4, 0.5) is 0 Å². The van der Waals surface area contributed by atoms with Crippen molar-refractivity contribution in [2.75, 3.05) is 0 Å². The predicted molar refractivity (Wildman–Crippen MR) is 30.7 cm³/mol. The lowest BCUT2D eigenvalue weighted by Crippen LogP contribution is -1.80. The average molecular weight is 156 g/mol. The summed E-state index contributed by atoms with van der Waals surface area (Å²) in [6.45, 7) is 0. The van der Waals surface area contributed by atoms with E-state index < -0.39 is 22.2 Å². The first-order chi connectivity index (χ1) is 3.63. The summed E-state index contributed by atoms with van der Waals surface area (Å²) in [6.07, 6.45) is 0. The zero-order chi connectivity index (χ0) is 6.57. The molecule has 0 aromatic heterocycles. The Bertz CT molecular complexity index is 123. The van der Waals surface area contributed by atoms with Gasteiger partial charge in [-0.15, -0.1) is 0 Å². The van der Waals surface area contributed by atoms with Crippen LogP contribution in [0.3, 0.4) is 0 Å². The van der Waals surface area contributed by atoms with Crippen LogP contribution in [0.15, 0.2) is 10.8 Å². The molecule has 0 aliphatic rings. The third-order valence-corrected chi connectivity index (χ3v) is 1.20. The van der Waals surface area contributed by atoms with Crippen molar-refractivity contribution in [1.29, 1.82) is 0 Å². The van der Waals surface area contributed by atoms with Crippen molar-refractivity contribution in [2.45, 2.75) is 0 Å². The quantitative estimate of drug-likeness (QED) is 0.547. The minimum absolute atomic E-state index is 0.718. The van der Waals surface area contributed by atoms with Gasteiger partial charge in [0.1, 0.15) is 0 Å². The fraction of sp³-hybridized carbons (Fsp3) is 0. The minimum Gasteiger partial charge on any atom is -0.303 e. The molecule has 0 heterocycles. The SMILES string of the molecule is O=S(O)/C=C/S(=O)O. The summed E-state index contributed by atoms with van der Waals surface area (Å²) < 4.78 is 35.2. The topological polar surface area (TPSA) is 74.6 Å². The van der Waals surface area contributed by atoms with Gasteiger partial charge in [0.25, 0.3) is 0 Å². The summed E-state index contributed by atoms with van der Waals surface area (Å²) in [5.41, 5.74) is 0. The zero-order valence-electron chi connectivity index (χ0n) is 3.68. The van der Waals surface area contributed by atoms with Gasteiger partial charge in [-0.2, -0.15) is 0 Å². The van der Waals surface area contributed by atoms with Crippen LogP contribution < -0.4 is 0 Å². The molecule has 0 fully saturated rings. The number of hydrogen-bond donors (Lipinski definition) is 2. The molecule has 0 aromatic rings. The van der Waals surface area contributed by atoms with Gasteiger partial charge in [0, 0.05) is 10.8 Å². The molecular weight excluding hydrogens is 152 g/mol. The molecule has 0 rings (SSSR count). The Hall–Kier alpha value is -0.0400. The van der Waals surface area contributed by atoms with Gasteiger partial charge >= 0.3 is 0 Å². The molecule has 2 N–H and O–H groups in total. The van der Waals surface area contributed by atoms with Crippen molar-refractivity contribution in [2.24, 2.45) is 0 Å². The summed E-state index contributed by atoms with van der Waals surface area (Å²) in [5.74, 6) is 0. The average Bonchev–Trinajstić information content (AvgIpc) is 1.61. The highest BCUT2D eigenvalue weighted by Gasteiger charge is 1.83. The van der Waals surface area contributed by atoms with Crippen molar-refractivity contribution in [3.8, 4) is 0 Å². The maximum absolute atomic E-state index is 9.68. The van der Waals surface area contributed by atoms with Gasteiger partial charge in [-0.3, -0.25) is 0 Å². The standard InChI is InChI=1S/C2H4O4S2/c3-7(4)1-2-8(5)6/h1-2H,(H,3,4)(H,5,6)/b2-1+. The highest BCUT2D eigenvalue weighted by atomic mass is 32.2. The van der Waals surface area contributed by atoms with E-state index in [-0.39, 0.29) is 0 Å². The molecule has 2 atom stereocenters. The molecule has 8 heavy (non-hydrogen) atoms. The summed E-state index contributed by atoms with van der Waals surface area (Å²) in [6, 6.07) is 0. The molecule has 48 valence electrons. The summed E-state index contributed by atoms with van der Waals surface area (Å²) in [7, 11) is 0. The molecular formula is C2H4O4S2. The third-order valence-electron chi connectivity index (χ3n) is 0.288. The Morgan fingerprint density at radius 3 is 1.38 bits per heavy atom. The molecule has 0 aliphatic carbocycles. The Kier molecular flexibility index (Phi) is 3.88. The fourth-order valence-corrected chi connectivity index (χ4v) is 0.855. The molecule has 0 aromatic carbocycles. The smallest absolute Gasteiger partial charge is 0.179 e. The molecule has 0 spiro atoms. The largest absolute Gasteiger partial charge is 0.303 e. The summed E-state index contributed by atoms with van der Waals surface area (Å²) in [4.78, 5) is 0. The van der Waals surface area contributed by atoms with Gasteiger partial charge in [0.15, 0.2) is 22.2 Å². The van der Waals surface area contributed by atoms with E-state index in [0.29, 0.717) is 0 Å². The molecule has 2 unspecified atom stereocenters. The zero-order valence-corrected chi connectivity index (χ0v) is 5.32. The Labute approximate surface area is 51.2 Å². The van der Waals surface area contributed by atoms with Gasteiger partial charge in [-0.05, 0) is 0 Å². The van der Waals surface area contributed by atoms with Crippen LogP contribution in [0.2, 0.25) is 0 Å². The first kappa shape index (κ1) is 7.96. The van der Waals surface area contributed by atoms with Crippen LogP contribution >= 0.6 is 0 Å². The van der Waals surface area contributed by atoms with Crippen LogP contribution in [-0.4, -0.2) is 17.5 Å². The highest BCUT2D eigenvalue weighted by Crippen LogP contribution is 1.79. The second-order valence-electron chi connectivity index (χ2n) is 0.825. The third kappa shape index (κ3) is 5.96. The van der Waals surface area contributed by atoms with Crippen LogP contribution in [0, 0.1) is 0 Å². The molecule has 6 heteroatoms. The van der Waals surface area contributed by atoms with Crippen molar-refractivity contribution in [3.05, 3.63) is 10.8 Å². The van der Waals surface area contributed by atoms with E-state index >= 15 is 0 Å². The van der Waals surface area contributed by atoms with Crippen molar-refractivity contribution >= 4 is 22.2 Å². The van der Waals surface area contributed by atoms with Crippen LogP contribution in [0.1, 0.15) is 0 Å². The van der Waals surface area contributed by atoms with Gasteiger partial charge in [0.2, 0.25) is 0 Å². The Morgan fingerprint density at radius 1 is 1.00 bits per heavy atom. The normalized spacial score (nSPS) is 18.8. The highest BCUT2D eigenvalue weighted by molar-refractivity contribution is 7.86. The number of hydrogen-bond acceptors (Lipinski definition) is 2. The van der Waals surface area contributed by atoms with E-state index in [9.17, 15) is 8.42 Å². The van der Waals surface area contributed by atoms with E-state index in [1.807, 2.05) is 0 Å². The molecule has 4 nitrogen and oxygen atoms in total. The molecule has 0 bridgehead atoms. The van der Waals surface area contributed by atoms with E-state index in [1.54, 1.807) is 0 Å². The maximum Gasteiger partial charge on any atom is 0.179 e. The van der Waals surface area contributed by atoms with Gasteiger partial charge in [-0.1, -0.05) is 0 Å². The maximum atomic E-state index is 9.68. The lowest BCUT2D eigenvalue weighted by Gasteiger charge is -1.75. The number of rotatable bonds is 2. The van der Waals surface area contributed by atoms with Crippen LogP contribution in [0.5, 0.6) is 0 Å². The van der Waals surface area contributed by atoms with Crippen LogP contribution in [-0.2, 0) is 22.2 Å². The first-order valence-electron chi connectivity index (χ1n) is 1.50. The Balaban J connectivity index is 3.67. The molecule has 0 saturated heterocycles. The van der Waals surface area contributed by atoms with Crippen LogP contribution in [0.25, 0.3) is 0 Å². The second-order valence-corrected chi connectivity index (χ2v) is 2.47. The van der Waals surface area contributed by atoms with Crippen molar-refractivity contribution < 1.29 is 17.5 Å². The molecule has 0 saturated carbocycles. The summed E-state index contributed by atoms with van der Waals surface area (Å²) in [5, 5.41) is 1.44. The minimum atomic E-state index is -2.12. The van der Waals surface area contributed by atoms with E-state index in [0.717, 1.165) is 10.8 Å². The first-order valence-corrected chi connectivity index (χ1v) is 3.84. The van der Waals surface area contributed by atoms with Gasteiger partial charge in [-0.25, -0.2) is 8.42 Å². The predicted octanol–water partition coefficient (Wildman–Crippen LogP) is -0.0990. The monoisotopic (exact) mass is 156 g/mol. The van der Waals surface area contributed by atoms with Crippen molar-refractivity contribution in [1.82, 2.24) is 0 Å². The van der Waals surface area contributed by atoms with E-state index in [2.05, 4.69) is 0 Å². The fourth-order valence-electron chi connectivity index (χ4n) is 0.0951.